The number of carbonyl (C=O) groups excluding carboxylic acids is 1. The predicted molar refractivity (Wildman–Crippen MR) is 86.1 cm³/mol. The van der Waals surface area contributed by atoms with Gasteiger partial charge in [0.1, 0.15) is 4.99 Å². The second kappa shape index (κ2) is 6.30. The van der Waals surface area contributed by atoms with Gasteiger partial charge >= 0.3 is 0 Å². The Hall–Kier alpha value is -2.20. The molecule has 0 aliphatic rings. The van der Waals surface area contributed by atoms with E-state index in [1.165, 1.54) is 5.56 Å². The number of thiocarbonyl (C=S) groups is 1. The molecule has 0 aliphatic heterocycles. The normalized spacial score (nSPS) is 10.1. The summed E-state index contributed by atoms with van der Waals surface area (Å²) >= 11 is 4.88. The van der Waals surface area contributed by atoms with Crippen molar-refractivity contribution in [1.82, 2.24) is 0 Å². The lowest BCUT2D eigenvalue weighted by Crippen LogP contribution is -2.13. The first kappa shape index (κ1) is 14.2. The molecule has 0 atom stereocenters. The van der Waals surface area contributed by atoms with E-state index in [1.807, 2.05) is 24.3 Å². The number of aryl methyl sites for hydroxylation is 1. The van der Waals surface area contributed by atoms with Gasteiger partial charge in [0, 0.05) is 16.8 Å². The number of amides is 1. The largest absolute Gasteiger partial charge is 0.389 e. The summed E-state index contributed by atoms with van der Waals surface area (Å²) in [5.74, 6) is -0.129. The zero-order chi connectivity index (χ0) is 14.5. The molecule has 0 heterocycles. The van der Waals surface area contributed by atoms with Gasteiger partial charge in [-0.05, 0) is 48.4 Å². The fraction of sp³-hybridized carbons (Fsp3) is 0.125. The number of benzene rings is 2. The highest BCUT2D eigenvalue weighted by Gasteiger charge is 2.06. The highest BCUT2D eigenvalue weighted by Crippen LogP contribution is 2.12. The van der Waals surface area contributed by atoms with Crippen molar-refractivity contribution in [2.75, 3.05) is 5.32 Å². The van der Waals surface area contributed by atoms with E-state index in [0.717, 1.165) is 17.7 Å². The number of nitrogens with two attached hydrogens (primary N) is 1. The average Bonchev–Trinajstić information content (AvgIpc) is 2.48. The summed E-state index contributed by atoms with van der Waals surface area (Å²) in [6.45, 7) is 2.08. The third-order valence-electron chi connectivity index (χ3n) is 3.05. The van der Waals surface area contributed by atoms with Crippen molar-refractivity contribution in [2.45, 2.75) is 13.3 Å². The van der Waals surface area contributed by atoms with E-state index < -0.39 is 0 Å². The first-order chi connectivity index (χ1) is 9.60. The molecule has 2 aromatic carbocycles. The van der Waals surface area contributed by atoms with Gasteiger partial charge in [0.2, 0.25) is 0 Å². The predicted octanol–water partition coefficient (Wildman–Crippen LogP) is 3.14. The molecule has 2 rings (SSSR count). The molecule has 0 aliphatic carbocycles. The van der Waals surface area contributed by atoms with Gasteiger partial charge in [0.05, 0.1) is 0 Å². The summed E-state index contributed by atoms with van der Waals surface area (Å²) in [5.41, 5.74) is 8.88. The van der Waals surface area contributed by atoms with Crippen LogP contribution in [0.15, 0.2) is 48.5 Å². The summed E-state index contributed by atoms with van der Waals surface area (Å²) in [5, 5.41) is 2.84. The highest BCUT2D eigenvalue weighted by atomic mass is 32.1. The molecule has 0 spiro atoms. The third-order valence-corrected chi connectivity index (χ3v) is 3.29. The Kier molecular flexibility index (Phi) is 4.48. The molecule has 0 fully saturated rings. The molecule has 2 aromatic rings. The van der Waals surface area contributed by atoms with Crippen LogP contribution >= 0.6 is 12.2 Å². The van der Waals surface area contributed by atoms with Crippen LogP contribution in [0.2, 0.25) is 0 Å². The fourth-order valence-corrected chi connectivity index (χ4v) is 1.95. The van der Waals surface area contributed by atoms with E-state index in [1.54, 1.807) is 24.3 Å². The van der Waals surface area contributed by atoms with Gasteiger partial charge < -0.3 is 11.1 Å². The van der Waals surface area contributed by atoms with Crippen LogP contribution in [-0.4, -0.2) is 10.9 Å². The number of hydrogen-bond acceptors (Lipinski definition) is 2. The summed E-state index contributed by atoms with van der Waals surface area (Å²) in [7, 11) is 0. The second-order valence-electron chi connectivity index (χ2n) is 4.45. The van der Waals surface area contributed by atoms with Gasteiger partial charge in [-0.15, -0.1) is 0 Å². The van der Waals surface area contributed by atoms with Crippen LogP contribution in [0.25, 0.3) is 0 Å². The Morgan fingerprint density at radius 3 is 2.10 bits per heavy atom. The maximum atomic E-state index is 12.1. The third kappa shape index (κ3) is 3.42. The number of carbonyl (C=O) groups is 1. The quantitative estimate of drug-likeness (QED) is 0.848. The topological polar surface area (TPSA) is 55.1 Å². The van der Waals surface area contributed by atoms with Crippen LogP contribution in [-0.2, 0) is 6.42 Å². The van der Waals surface area contributed by atoms with E-state index in [9.17, 15) is 4.79 Å². The van der Waals surface area contributed by atoms with Crippen LogP contribution < -0.4 is 11.1 Å². The van der Waals surface area contributed by atoms with Gasteiger partial charge in [-0.1, -0.05) is 31.3 Å². The van der Waals surface area contributed by atoms with Crippen LogP contribution in [0.5, 0.6) is 0 Å². The van der Waals surface area contributed by atoms with Crippen LogP contribution in [0, 0.1) is 0 Å². The smallest absolute Gasteiger partial charge is 0.255 e. The fourth-order valence-electron chi connectivity index (χ4n) is 1.81. The summed E-state index contributed by atoms with van der Waals surface area (Å²) < 4.78 is 0. The number of hydrogen-bond donors (Lipinski definition) is 2. The van der Waals surface area contributed by atoms with Crippen molar-refractivity contribution >= 4 is 28.8 Å². The Morgan fingerprint density at radius 2 is 1.60 bits per heavy atom. The maximum Gasteiger partial charge on any atom is 0.255 e. The molecule has 0 unspecified atom stereocenters. The number of nitrogens with one attached hydrogen (secondary N) is 1. The summed E-state index contributed by atoms with van der Waals surface area (Å²) in [6.07, 6.45) is 0.961. The second-order valence-corrected chi connectivity index (χ2v) is 4.89. The van der Waals surface area contributed by atoms with Crippen LogP contribution in [0.1, 0.15) is 28.4 Å². The van der Waals surface area contributed by atoms with Gasteiger partial charge in [0.15, 0.2) is 0 Å². The van der Waals surface area contributed by atoms with Crippen molar-refractivity contribution in [3.8, 4) is 0 Å². The number of anilines is 1. The lowest BCUT2D eigenvalue weighted by atomic mass is 10.1. The zero-order valence-electron chi connectivity index (χ0n) is 11.2. The molecular weight excluding hydrogens is 268 g/mol. The molecule has 1 amide bonds. The molecule has 102 valence electrons. The molecule has 20 heavy (non-hydrogen) atoms. The van der Waals surface area contributed by atoms with E-state index in [-0.39, 0.29) is 5.91 Å². The lowest BCUT2D eigenvalue weighted by Gasteiger charge is -2.07. The van der Waals surface area contributed by atoms with Gasteiger partial charge in [-0.2, -0.15) is 0 Å². The monoisotopic (exact) mass is 284 g/mol. The molecule has 3 N–H and O–H groups in total. The van der Waals surface area contributed by atoms with E-state index in [0.29, 0.717) is 10.6 Å². The van der Waals surface area contributed by atoms with Crippen molar-refractivity contribution in [1.29, 1.82) is 0 Å². The Labute approximate surface area is 123 Å². The molecule has 0 saturated heterocycles. The average molecular weight is 284 g/mol. The molecule has 0 radical (unpaired) electrons. The molecular formula is C16H16N2OS. The highest BCUT2D eigenvalue weighted by molar-refractivity contribution is 7.80. The molecule has 3 nitrogen and oxygen atoms in total. The van der Waals surface area contributed by atoms with Gasteiger partial charge in [0.25, 0.3) is 5.91 Å². The van der Waals surface area contributed by atoms with Crippen LogP contribution in [0.4, 0.5) is 5.69 Å². The minimum Gasteiger partial charge on any atom is -0.389 e. The molecule has 0 bridgehead atoms. The van der Waals surface area contributed by atoms with Crippen molar-refractivity contribution in [3.05, 3.63) is 65.2 Å². The van der Waals surface area contributed by atoms with Crippen molar-refractivity contribution in [3.63, 3.8) is 0 Å². The molecule has 0 saturated carbocycles. The minimum atomic E-state index is -0.129. The Morgan fingerprint density at radius 1 is 1.05 bits per heavy atom. The Balaban J connectivity index is 2.08. The minimum absolute atomic E-state index is 0.129. The summed E-state index contributed by atoms with van der Waals surface area (Å²) in [6, 6.07) is 14.7. The van der Waals surface area contributed by atoms with E-state index in [2.05, 4.69) is 12.2 Å². The number of rotatable bonds is 4. The van der Waals surface area contributed by atoms with Crippen molar-refractivity contribution in [2.24, 2.45) is 5.73 Å². The van der Waals surface area contributed by atoms with E-state index in [4.69, 9.17) is 18.0 Å². The van der Waals surface area contributed by atoms with Gasteiger partial charge in [-0.3, -0.25) is 4.79 Å². The van der Waals surface area contributed by atoms with Gasteiger partial charge in [-0.25, -0.2) is 0 Å². The maximum absolute atomic E-state index is 12.1. The molecule has 0 aromatic heterocycles. The SMILES string of the molecule is CCc1ccc(C(=O)Nc2ccc(C(N)=S)cc2)cc1. The van der Waals surface area contributed by atoms with E-state index >= 15 is 0 Å². The zero-order valence-corrected chi connectivity index (χ0v) is 12.0. The Bertz CT molecular complexity index is 618. The van der Waals surface area contributed by atoms with Crippen molar-refractivity contribution < 1.29 is 4.79 Å². The molecule has 4 heteroatoms. The lowest BCUT2D eigenvalue weighted by molar-refractivity contribution is 0.102. The summed E-state index contributed by atoms with van der Waals surface area (Å²) in [4.78, 5) is 12.4. The first-order valence-electron chi connectivity index (χ1n) is 6.40. The van der Waals surface area contributed by atoms with Crippen LogP contribution in [0.3, 0.4) is 0 Å². The first-order valence-corrected chi connectivity index (χ1v) is 6.81. The standard InChI is InChI=1S/C16H16N2OS/c1-2-11-3-5-13(6-4-11)16(19)18-14-9-7-12(8-10-14)15(17)20/h3-10H,2H2,1H3,(H2,17,20)(H,18,19).